The van der Waals surface area contributed by atoms with Gasteiger partial charge in [0.2, 0.25) is 0 Å². The fourth-order valence-corrected chi connectivity index (χ4v) is 3.05. The molecule has 1 saturated carbocycles. The van der Waals surface area contributed by atoms with Crippen LogP contribution in [0, 0.1) is 0 Å². The molecule has 0 aromatic carbocycles. The number of anilines is 1. The van der Waals surface area contributed by atoms with Crippen LogP contribution < -0.4 is 10.6 Å². The van der Waals surface area contributed by atoms with E-state index in [9.17, 15) is 0 Å². The second kappa shape index (κ2) is 4.86. The summed E-state index contributed by atoms with van der Waals surface area (Å²) in [4.78, 5) is 6.98. The first-order valence-electron chi connectivity index (χ1n) is 6.85. The van der Waals surface area contributed by atoms with Gasteiger partial charge in [-0.05, 0) is 37.8 Å². The van der Waals surface area contributed by atoms with Crippen LogP contribution in [0.1, 0.15) is 37.8 Å². The maximum absolute atomic E-state index is 5.85. The average Bonchev–Trinajstić information content (AvgIpc) is 2.87. The molecule has 1 aromatic rings. The van der Waals surface area contributed by atoms with Crippen molar-refractivity contribution in [2.75, 3.05) is 18.1 Å². The molecule has 0 spiro atoms. The van der Waals surface area contributed by atoms with Crippen molar-refractivity contribution in [2.24, 2.45) is 5.73 Å². The lowest BCUT2D eigenvalue weighted by Crippen LogP contribution is -2.49. The van der Waals surface area contributed by atoms with E-state index in [0.717, 1.165) is 24.5 Å². The van der Waals surface area contributed by atoms with Gasteiger partial charge in [-0.1, -0.05) is 6.07 Å². The van der Waals surface area contributed by atoms with Crippen molar-refractivity contribution in [1.29, 1.82) is 0 Å². The molecule has 2 heterocycles. The standard InChI is InChI=1S/C14H21N3O/c1-10(15)11-5-6-14(16-9-11)17-7-8-18-13-4-2-3-12(13)17/h5-6,9-10,12-13H,2-4,7-8,15H2,1H3/t10-,12?,13?/m1/s1. The van der Waals surface area contributed by atoms with Gasteiger partial charge in [-0.15, -0.1) is 0 Å². The molecule has 98 valence electrons. The van der Waals surface area contributed by atoms with Crippen molar-refractivity contribution < 1.29 is 4.74 Å². The predicted octanol–water partition coefficient (Wildman–Crippen LogP) is 1.86. The Morgan fingerprint density at radius 2 is 2.33 bits per heavy atom. The first-order chi connectivity index (χ1) is 8.75. The Balaban J connectivity index is 1.80. The van der Waals surface area contributed by atoms with E-state index in [-0.39, 0.29) is 6.04 Å². The van der Waals surface area contributed by atoms with Gasteiger partial charge in [0.1, 0.15) is 5.82 Å². The van der Waals surface area contributed by atoms with E-state index in [1.807, 2.05) is 13.1 Å². The van der Waals surface area contributed by atoms with Crippen molar-refractivity contribution in [3.8, 4) is 0 Å². The highest BCUT2D eigenvalue weighted by Gasteiger charge is 2.36. The molecule has 1 saturated heterocycles. The van der Waals surface area contributed by atoms with Crippen molar-refractivity contribution in [1.82, 2.24) is 4.98 Å². The van der Waals surface area contributed by atoms with Crippen LogP contribution in [0.3, 0.4) is 0 Å². The van der Waals surface area contributed by atoms with Crippen LogP contribution in [0.5, 0.6) is 0 Å². The third kappa shape index (κ3) is 2.10. The Kier molecular flexibility index (Phi) is 3.22. The van der Waals surface area contributed by atoms with E-state index in [0.29, 0.717) is 12.1 Å². The fraction of sp³-hybridized carbons (Fsp3) is 0.643. The number of pyridine rings is 1. The van der Waals surface area contributed by atoms with E-state index in [4.69, 9.17) is 10.5 Å². The van der Waals surface area contributed by atoms with Crippen molar-refractivity contribution in [3.63, 3.8) is 0 Å². The van der Waals surface area contributed by atoms with Gasteiger partial charge in [-0.3, -0.25) is 0 Å². The van der Waals surface area contributed by atoms with E-state index >= 15 is 0 Å². The Hall–Kier alpha value is -1.13. The summed E-state index contributed by atoms with van der Waals surface area (Å²) in [5.41, 5.74) is 6.95. The third-order valence-corrected chi connectivity index (χ3v) is 4.07. The Labute approximate surface area is 108 Å². The van der Waals surface area contributed by atoms with Crippen LogP contribution in [0.2, 0.25) is 0 Å². The van der Waals surface area contributed by atoms with Crippen LogP contribution in [-0.4, -0.2) is 30.3 Å². The summed E-state index contributed by atoms with van der Waals surface area (Å²) in [5, 5.41) is 0. The predicted molar refractivity (Wildman–Crippen MR) is 71.6 cm³/mol. The maximum atomic E-state index is 5.85. The molecule has 0 radical (unpaired) electrons. The quantitative estimate of drug-likeness (QED) is 0.866. The molecule has 2 aliphatic rings. The number of nitrogens with zero attached hydrogens (tertiary/aromatic N) is 2. The zero-order valence-corrected chi connectivity index (χ0v) is 10.9. The molecular formula is C14H21N3O. The van der Waals surface area contributed by atoms with Gasteiger partial charge < -0.3 is 15.4 Å². The second-order valence-corrected chi connectivity index (χ2v) is 5.34. The normalized spacial score (nSPS) is 29.1. The highest BCUT2D eigenvalue weighted by atomic mass is 16.5. The van der Waals surface area contributed by atoms with E-state index in [2.05, 4.69) is 22.0 Å². The van der Waals surface area contributed by atoms with Gasteiger partial charge in [0.15, 0.2) is 0 Å². The summed E-state index contributed by atoms with van der Waals surface area (Å²) >= 11 is 0. The topological polar surface area (TPSA) is 51.4 Å². The van der Waals surface area contributed by atoms with Crippen molar-refractivity contribution in [2.45, 2.75) is 44.4 Å². The van der Waals surface area contributed by atoms with Crippen molar-refractivity contribution >= 4 is 5.82 Å². The number of ether oxygens (including phenoxy) is 1. The number of aromatic nitrogens is 1. The zero-order valence-electron chi connectivity index (χ0n) is 10.9. The zero-order chi connectivity index (χ0) is 12.5. The van der Waals surface area contributed by atoms with Crippen LogP contribution in [0.15, 0.2) is 18.3 Å². The number of fused-ring (bicyclic) bond motifs is 1. The molecule has 4 heteroatoms. The van der Waals surface area contributed by atoms with E-state index in [1.54, 1.807) is 0 Å². The Morgan fingerprint density at radius 3 is 3.06 bits per heavy atom. The molecule has 1 aromatic heterocycles. The SMILES string of the molecule is C[C@@H](N)c1ccc(N2CCOC3CCCC32)nc1. The first kappa shape index (κ1) is 11.9. The van der Waals surface area contributed by atoms with Crippen molar-refractivity contribution in [3.05, 3.63) is 23.9 Å². The molecule has 3 rings (SSSR count). The molecule has 2 unspecified atom stereocenters. The molecule has 1 aliphatic heterocycles. The average molecular weight is 247 g/mol. The Morgan fingerprint density at radius 1 is 1.44 bits per heavy atom. The Bertz CT molecular complexity index is 404. The number of rotatable bonds is 2. The smallest absolute Gasteiger partial charge is 0.128 e. The van der Waals surface area contributed by atoms with Crippen LogP contribution in [0.4, 0.5) is 5.82 Å². The minimum Gasteiger partial charge on any atom is -0.374 e. The lowest BCUT2D eigenvalue weighted by Gasteiger charge is -2.38. The molecule has 1 aliphatic carbocycles. The summed E-state index contributed by atoms with van der Waals surface area (Å²) in [5.74, 6) is 1.07. The minimum atomic E-state index is 0.0514. The highest BCUT2D eigenvalue weighted by molar-refractivity contribution is 5.42. The fourth-order valence-electron chi connectivity index (χ4n) is 3.05. The summed E-state index contributed by atoms with van der Waals surface area (Å²) in [7, 11) is 0. The third-order valence-electron chi connectivity index (χ3n) is 4.07. The van der Waals surface area contributed by atoms with Gasteiger partial charge in [0, 0.05) is 18.8 Å². The van der Waals surface area contributed by atoms with Gasteiger partial charge in [0.25, 0.3) is 0 Å². The monoisotopic (exact) mass is 247 g/mol. The number of hydrogen-bond donors (Lipinski definition) is 1. The lowest BCUT2D eigenvalue weighted by molar-refractivity contribution is 0.0253. The number of morpholine rings is 1. The first-order valence-corrected chi connectivity index (χ1v) is 6.85. The highest BCUT2D eigenvalue weighted by Crippen LogP contribution is 2.32. The minimum absolute atomic E-state index is 0.0514. The molecule has 2 fully saturated rings. The molecule has 3 atom stereocenters. The lowest BCUT2D eigenvalue weighted by atomic mass is 10.1. The molecule has 4 nitrogen and oxygen atoms in total. The number of nitrogens with two attached hydrogens (primary N) is 1. The van der Waals surface area contributed by atoms with Crippen LogP contribution >= 0.6 is 0 Å². The summed E-state index contributed by atoms with van der Waals surface area (Å²) in [6.07, 6.45) is 6.00. The van der Waals surface area contributed by atoms with Crippen LogP contribution in [0.25, 0.3) is 0 Å². The van der Waals surface area contributed by atoms with Gasteiger partial charge in [0.05, 0.1) is 18.8 Å². The van der Waals surface area contributed by atoms with E-state index < -0.39 is 0 Å². The van der Waals surface area contributed by atoms with E-state index in [1.165, 1.54) is 19.3 Å². The van der Waals surface area contributed by atoms with Crippen LogP contribution in [-0.2, 0) is 4.74 Å². The summed E-state index contributed by atoms with van der Waals surface area (Å²) < 4.78 is 5.83. The van der Waals surface area contributed by atoms with Gasteiger partial charge in [-0.2, -0.15) is 0 Å². The maximum Gasteiger partial charge on any atom is 0.128 e. The summed E-state index contributed by atoms with van der Waals surface area (Å²) in [6.45, 7) is 3.75. The van der Waals surface area contributed by atoms with Gasteiger partial charge in [-0.25, -0.2) is 4.98 Å². The second-order valence-electron chi connectivity index (χ2n) is 5.34. The molecule has 18 heavy (non-hydrogen) atoms. The largest absolute Gasteiger partial charge is 0.374 e. The molecule has 2 N–H and O–H groups in total. The molecule has 0 amide bonds. The van der Waals surface area contributed by atoms with Gasteiger partial charge >= 0.3 is 0 Å². The number of hydrogen-bond acceptors (Lipinski definition) is 4. The molecular weight excluding hydrogens is 226 g/mol. The summed E-state index contributed by atoms with van der Waals surface area (Å²) in [6, 6.07) is 4.76. The molecule has 0 bridgehead atoms.